The Kier molecular flexibility index (Phi) is 2.91. The van der Waals surface area contributed by atoms with Crippen LogP contribution in [0.5, 0.6) is 0 Å². The van der Waals surface area contributed by atoms with Crippen molar-refractivity contribution < 1.29 is 0 Å². The number of aromatic nitrogens is 1. The topological polar surface area (TPSA) is 40.0 Å². The minimum Gasteiger partial charge on any atom is -0.329 e. The SMILES string of the molecule is CC1CCCN(c2ccc(Cl)nc2)C1=N. The van der Waals surface area contributed by atoms with Crippen LogP contribution in [-0.2, 0) is 0 Å². The zero-order valence-corrected chi connectivity index (χ0v) is 9.46. The third-order valence-electron chi connectivity index (χ3n) is 2.80. The van der Waals surface area contributed by atoms with Crippen molar-refractivity contribution in [3.05, 3.63) is 23.5 Å². The van der Waals surface area contributed by atoms with E-state index in [4.69, 9.17) is 17.0 Å². The van der Waals surface area contributed by atoms with Gasteiger partial charge in [0.2, 0.25) is 0 Å². The molecule has 1 aliphatic rings. The number of hydrogen-bond acceptors (Lipinski definition) is 2. The number of nitrogens with zero attached hydrogens (tertiary/aromatic N) is 2. The number of nitrogens with one attached hydrogen (secondary N) is 1. The summed E-state index contributed by atoms with van der Waals surface area (Å²) in [7, 11) is 0. The number of hydrogen-bond donors (Lipinski definition) is 1. The van der Waals surface area contributed by atoms with Crippen LogP contribution in [0, 0.1) is 11.3 Å². The number of rotatable bonds is 1. The molecular weight excluding hydrogens is 210 g/mol. The van der Waals surface area contributed by atoms with Gasteiger partial charge in [-0.25, -0.2) is 4.98 Å². The third kappa shape index (κ3) is 2.12. The molecule has 1 atom stereocenters. The van der Waals surface area contributed by atoms with Crippen LogP contribution in [0.25, 0.3) is 0 Å². The van der Waals surface area contributed by atoms with Crippen LogP contribution in [-0.4, -0.2) is 17.4 Å². The molecule has 0 bridgehead atoms. The second-order valence-electron chi connectivity index (χ2n) is 3.92. The Bertz CT molecular complexity index is 361. The van der Waals surface area contributed by atoms with Crippen molar-refractivity contribution in [1.29, 1.82) is 5.41 Å². The van der Waals surface area contributed by atoms with E-state index in [1.165, 1.54) is 0 Å². The van der Waals surface area contributed by atoms with Gasteiger partial charge in [0.25, 0.3) is 0 Å². The second-order valence-corrected chi connectivity index (χ2v) is 4.31. The lowest BCUT2D eigenvalue weighted by molar-refractivity contribution is 0.584. The molecule has 1 fully saturated rings. The summed E-state index contributed by atoms with van der Waals surface area (Å²) < 4.78 is 0. The van der Waals surface area contributed by atoms with Crippen molar-refractivity contribution in [2.45, 2.75) is 19.8 Å². The fourth-order valence-corrected chi connectivity index (χ4v) is 1.99. The Hall–Kier alpha value is -1.09. The highest BCUT2D eigenvalue weighted by Crippen LogP contribution is 2.24. The van der Waals surface area contributed by atoms with Crippen LogP contribution < -0.4 is 4.90 Å². The normalized spacial score (nSPS) is 21.9. The van der Waals surface area contributed by atoms with E-state index in [2.05, 4.69) is 11.9 Å². The lowest BCUT2D eigenvalue weighted by Gasteiger charge is -2.33. The summed E-state index contributed by atoms with van der Waals surface area (Å²) >= 11 is 5.73. The molecule has 4 heteroatoms. The first kappa shape index (κ1) is 10.4. The molecule has 2 rings (SSSR count). The molecule has 1 unspecified atom stereocenters. The van der Waals surface area contributed by atoms with Gasteiger partial charge in [-0.2, -0.15) is 0 Å². The molecule has 15 heavy (non-hydrogen) atoms. The van der Waals surface area contributed by atoms with E-state index in [1.54, 1.807) is 12.3 Å². The quantitative estimate of drug-likeness (QED) is 0.744. The second kappa shape index (κ2) is 4.19. The molecule has 0 saturated carbocycles. The van der Waals surface area contributed by atoms with Gasteiger partial charge in [-0.1, -0.05) is 18.5 Å². The number of amidine groups is 1. The van der Waals surface area contributed by atoms with E-state index < -0.39 is 0 Å². The molecule has 1 aromatic rings. The average molecular weight is 224 g/mol. The predicted molar refractivity (Wildman–Crippen MR) is 62.7 cm³/mol. The summed E-state index contributed by atoms with van der Waals surface area (Å²) in [5.74, 6) is 1.03. The van der Waals surface area contributed by atoms with Gasteiger partial charge in [0.1, 0.15) is 11.0 Å². The van der Waals surface area contributed by atoms with Crippen LogP contribution in [0.4, 0.5) is 5.69 Å². The minimum absolute atomic E-state index is 0.342. The standard InChI is InChI=1S/C11H14ClN3/c1-8-3-2-6-15(11(8)13)9-4-5-10(12)14-7-9/h4-5,7-8,13H,2-3,6H2,1H3. The Morgan fingerprint density at radius 3 is 3.00 bits per heavy atom. The third-order valence-corrected chi connectivity index (χ3v) is 3.02. The summed E-state index contributed by atoms with van der Waals surface area (Å²) in [4.78, 5) is 6.05. The fraction of sp³-hybridized carbons (Fsp3) is 0.455. The number of halogens is 1. The lowest BCUT2D eigenvalue weighted by Crippen LogP contribution is -2.39. The van der Waals surface area contributed by atoms with Crippen LogP contribution in [0.1, 0.15) is 19.8 Å². The van der Waals surface area contributed by atoms with Crippen molar-refractivity contribution in [1.82, 2.24) is 4.98 Å². The van der Waals surface area contributed by atoms with Gasteiger partial charge in [-0.3, -0.25) is 5.41 Å². The molecule has 0 radical (unpaired) electrons. The first-order chi connectivity index (χ1) is 7.18. The highest BCUT2D eigenvalue weighted by Gasteiger charge is 2.22. The van der Waals surface area contributed by atoms with E-state index in [0.717, 1.165) is 25.1 Å². The summed E-state index contributed by atoms with van der Waals surface area (Å²) in [5, 5.41) is 8.50. The maximum atomic E-state index is 8.01. The fourth-order valence-electron chi connectivity index (χ4n) is 1.87. The first-order valence-electron chi connectivity index (χ1n) is 5.16. The van der Waals surface area contributed by atoms with Gasteiger partial charge in [0, 0.05) is 12.5 Å². The van der Waals surface area contributed by atoms with E-state index in [9.17, 15) is 0 Å². The molecule has 2 heterocycles. The Labute approximate surface area is 94.6 Å². The van der Waals surface area contributed by atoms with Crippen molar-refractivity contribution in [3.8, 4) is 0 Å². The summed E-state index contributed by atoms with van der Waals surface area (Å²) in [6.45, 7) is 3.00. The van der Waals surface area contributed by atoms with Crippen LogP contribution >= 0.6 is 11.6 Å². The van der Waals surface area contributed by atoms with Crippen LogP contribution in [0.3, 0.4) is 0 Å². The van der Waals surface area contributed by atoms with E-state index in [0.29, 0.717) is 16.9 Å². The molecule has 1 aromatic heterocycles. The van der Waals surface area contributed by atoms with Gasteiger partial charge >= 0.3 is 0 Å². The summed E-state index contributed by atoms with van der Waals surface area (Å²) in [5.41, 5.74) is 0.968. The van der Waals surface area contributed by atoms with Crippen molar-refractivity contribution in [2.75, 3.05) is 11.4 Å². The molecule has 0 aromatic carbocycles. The van der Waals surface area contributed by atoms with E-state index in [1.807, 2.05) is 11.0 Å². The smallest absolute Gasteiger partial charge is 0.129 e. The van der Waals surface area contributed by atoms with Crippen LogP contribution in [0.2, 0.25) is 5.15 Å². The summed E-state index contributed by atoms with van der Waals surface area (Å²) in [6, 6.07) is 3.69. The Morgan fingerprint density at radius 1 is 1.53 bits per heavy atom. The molecule has 1 N–H and O–H groups in total. The average Bonchev–Trinajstić information content (AvgIpc) is 2.24. The number of pyridine rings is 1. The first-order valence-corrected chi connectivity index (χ1v) is 5.54. The molecular formula is C11H14ClN3. The molecule has 0 spiro atoms. The monoisotopic (exact) mass is 223 g/mol. The largest absolute Gasteiger partial charge is 0.329 e. The molecule has 1 aliphatic heterocycles. The van der Waals surface area contributed by atoms with Crippen molar-refractivity contribution >= 4 is 23.1 Å². The summed E-state index contributed by atoms with van der Waals surface area (Å²) in [6.07, 6.45) is 3.97. The van der Waals surface area contributed by atoms with Gasteiger partial charge in [0.05, 0.1) is 11.9 Å². The van der Waals surface area contributed by atoms with Gasteiger partial charge < -0.3 is 4.90 Å². The van der Waals surface area contributed by atoms with Gasteiger partial charge in [-0.05, 0) is 25.0 Å². The van der Waals surface area contributed by atoms with Crippen molar-refractivity contribution in [3.63, 3.8) is 0 Å². The predicted octanol–water partition coefficient (Wildman–Crippen LogP) is 2.95. The molecule has 0 aliphatic carbocycles. The molecule has 80 valence electrons. The number of piperidine rings is 1. The zero-order valence-electron chi connectivity index (χ0n) is 8.70. The van der Waals surface area contributed by atoms with Gasteiger partial charge in [-0.15, -0.1) is 0 Å². The molecule has 3 nitrogen and oxygen atoms in total. The molecule has 1 saturated heterocycles. The highest BCUT2D eigenvalue weighted by atomic mass is 35.5. The Morgan fingerprint density at radius 2 is 2.33 bits per heavy atom. The van der Waals surface area contributed by atoms with E-state index >= 15 is 0 Å². The van der Waals surface area contributed by atoms with E-state index in [-0.39, 0.29) is 0 Å². The van der Waals surface area contributed by atoms with Crippen molar-refractivity contribution in [2.24, 2.45) is 5.92 Å². The highest BCUT2D eigenvalue weighted by molar-refractivity contribution is 6.29. The lowest BCUT2D eigenvalue weighted by atomic mass is 9.98. The molecule has 0 amide bonds. The number of anilines is 1. The minimum atomic E-state index is 0.342. The maximum Gasteiger partial charge on any atom is 0.129 e. The van der Waals surface area contributed by atoms with Crippen LogP contribution in [0.15, 0.2) is 18.3 Å². The zero-order chi connectivity index (χ0) is 10.8. The maximum absolute atomic E-state index is 8.01. The van der Waals surface area contributed by atoms with Gasteiger partial charge in [0.15, 0.2) is 0 Å². The Balaban J connectivity index is 2.22.